The van der Waals surface area contributed by atoms with Crippen LogP contribution in [0.1, 0.15) is 213 Å². The Hall–Kier alpha value is -3.41. The SMILES string of the molecule is CC/C=C/C=C/C=C/C=C/C=C/CCCC(=O)OC(COC(=O)CCCCC/C=C/CCCCCCCC)COC(=O)CCCCCCCCC/C=C/CCCCCC. The summed E-state index contributed by atoms with van der Waals surface area (Å²) in [5.41, 5.74) is 0. The van der Waals surface area contributed by atoms with Crippen molar-refractivity contribution in [2.24, 2.45) is 0 Å². The quantitative estimate of drug-likeness (QED) is 0.0201. The van der Waals surface area contributed by atoms with Crippen LogP contribution in [0, 0.1) is 0 Å². The Morgan fingerprint density at radius 2 is 0.695 bits per heavy atom. The Morgan fingerprint density at radius 1 is 0.356 bits per heavy atom. The number of ether oxygens (including phenoxy) is 3. The van der Waals surface area contributed by atoms with Crippen LogP contribution in [0.4, 0.5) is 0 Å². The summed E-state index contributed by atoms with van der Waals surface area (Å²) in [7, 11) is 0. The second kappa shape index (κ2) is 47.3. The molecule has 0 amide bonds. The van der Waals surface area contributed by atoms with Gasteiger partial charge in [0.15, 0.2) is 6.10 Å². The Morgan fingerprint density at radius 3 is 1.15 bits per heavy atom. The first-order chi connectivity index (χ1) is 29.0. The van der Waals surface area contributed by atoms with Crippen LogP contribution in [0.5, 0.6) is 0 Å². The van der Waals surface area contributed by atoms with Gasteiger partial charge >= 0.3 is 17.9 Å². The first-order valence-corrected chi connectivity index (χ1v) is 24.2. The number of carbonyl (C=O) groups excluding carboxylic acids is 3. The summed E-state index contributed by atoms with van der Waals surface area (Å²) in [5, 5.41) is 0. The van der Waals surface area contributed by atoms with Gasteiger partial charge in [-0.3, -0.25) is 14.4 Å². The van der Waals surface area contributed by atoms with Gasteiger partial charge in [0.05, 0.1) is 0 Å². The molecule has 0 aromatic rings. The number of hydrogen-bond acceptors (Lipinski definition) is 6. The van der Waals surface area contributed by atoms with Gasteiger partial charge in [0, 0.05) is 19.3 Å². The molecule has 0 rings (SSSR count). The molecule has 0 aliphatic heterocycles. The minimum absolute atomic E-state index is 0.113. The van der Waals surface area contributed by atoms with E-state index < -0.39 is 6.10 Å². The van der Waals surface area contributed by atoms with E-state index in [1.54, 1.807) is 0 Å². The van der Waals surface area contributed by atoms with E-state index >= 15 is 0 Å². The maximum Gasteiger partial charge on any atom is 0.306 e. The second-order valence-corrected chi connectivity index (χ2v) is 15.8. The lowest BCUT2D eigenvalue weighted by molar-refractivity contribution is -0.167. The molecule has 0 radical (unpaired) electrons. The zero-order chi connectivity index (χ0) is 43.0. The predicted octanol–water partition coefficient (Wildman–Crippen LogP) is 15.6. The molecule has 0 bridgehead atoms. The smallest absolute Gasteiger partial charge is 0.306 e. The molecule has 0 aromatic heterocycles. The van der Waals surface area contributed by atoms with Crippen LogP contribution in [0.25, 0.3) is 0 Å². The van der Waals surface area contributed by atoms with Crippen LogP contribution in [-0.2, 0) is 28.6 Å². The molecule has 0 saturated heterocycles. The minimum atomic E-state index is -0.820. The summed E-state index contributed by atoms with van der Waals surface area (Å²) in [6.45, 7) is 6.38. The van der Waals surface area contributed by atoms with Gasteiger partial charge in [-0.25, -0.2) is 0 Å². The summed E-state index contributed by atoms with van der Waals surface area (Å²) in [6, 6.07) is 0. The summed E-state index contributed by atoms with van der Waals surface area (Å²) < 4.78 is 16.7. The Bertz CT molecular complexity index is 1170. The van der Waals surface area contributed by atoms with Gasteiger partial charge in [-0.05, 0) is 83.5 Å². The Balaban J connectivity index is 4.51. The van der Waals surface area contributed by atoms with Crippen molar-refractivity contribution in [3.63, 3.8) is 0 Å². The third kappa shape index (κ3) is 45.5. The molecule has 0 spiro atoms. The highest BCUT2D eigenvalue weighted by Crippen LogP contribution is 2.13. The largest absolute Gasteiger partial charge is 0.462 e. The summed E-state index contributed by atoms with van der Waals surface area (Å²) in [4.78, 5) is 37.8. The number of allylic oxidation sites excluding steroid dienone is 14. The normalized spacial score (nSPS) is 12.8. The number of unbranched alkanes of at least 4 members (excludes halogenated alkanes) is 21. The highest BCUT2D eigenvalue weighted by molar-refractivity contribution is 5.71. The molecule has 0 aromatic carbocycles. The van der Waals surface area contributed by atoms with Crippen molar-refractivity contribution in [3.05, 3.63) is 85.1 Å². The number of carbonyl (C=O) groups is 3. The lowest BCUT2D eigenvalue weighted by Crippen LogP contribution is -2.30. The summed E-state index contributed by atoms with van der Waals surface area (Å²) >= 11 is 0. The lowest BCUT2D eigenvalue weighted by atomic mass is 10.1. The molecule has 336 valence electrons. The zero-order valence-corrected chi connectivity index (χ0v) is 38.2. The van der Waals surface area contributed by atoms with Crippen LogP contribution in [-0.4, -0.2) is 37.2 Å². The fourth-order valence-corrected chi connectivity index (χ4v) is 6.34. The fraction of sp³-hybridized carbons (Fsp3) is 0.679. The summed E-state index contributed by atoms with van der Waals surface area (Å²) in [5.74, 6) is -1.01. The van der Waals surface area contributed by atoms with E-state index in [-0.39, 0.29) is 37.5 Å². The van der Waals surface area contributed by atoms with Crippen LogP contribution in [0.2, 0.25) is 0 Å². The molecule has 1 unspecified atom stereocenters. The van der Waals surface area contributed by atoms with Crippen molar-refractivity contribution >= 4 is 17.9 Å². The van der Waals surface area contributed by atoms with E-state index in [0.717, 1.165) is 64.2 Å². The first-order valence-electron chi connectivity index (χ1n) is 24.2. The van der Waals surface area contributed by atoms with Gasteiger partial charge in [0.25, 0.3) is 0 Å². The molecule has 0 heterocycles. The van der Waals surface area contributed by atoms with Crippen molar-refractivity contribution in [1.29, 1.82) is 0 Å². The molecule has 59 heavy (non-hydrogen) atoms. The number of rotatable bonds is 42. The van der Waals surface area contributed by atoms with Crippen LogP contribution < -0.4 is 0 Å². The highest BCUT2D eigenvalue weighted by atomic mass is 16.6. The van der Waals surface area contributed by atoms with E-state index in [4.69, 9.17) is 14.2 Å². The molecule has 0 fully saturated rings. The van der Waals surface area contributed by atoms with Crippen molar-refractivity contribution in [1.82, 2.24) is 0 Å². The molecule has 6 nitrogen and oxygen atoms in total. The highest BCUT2D eigenvalue weighted by Gasteiger charge is 2.19. The van der Waals surface area contributed by atoms with Gasteiger partial charge in [-0.15, -0.1) is 0 Å². The van der Waals surface area contributed by atoms with Gasteiger partial charge in [-0.1, -0.05) is 196 Å². The Kier molecular flexibility index (Phi) is 44.5. The van der Waals surface area contributed by atoms with Crippen molar-refractivity contribution < 1.29 is 28.6 Å². The van der Waals surface area contributed by atoms with E-state index in [0.29, 0.717) is 19.3 Å². The summed E-state index contributed by atoms with van der Waals surface area (Å²) in [6.07, 6.45) is 60.0. The molecule has 0 aliphatic carbocycles. The van der Waals surface area contributed by atoms with E-state index in [1.165, 1.54) is 103 Å². The number of esters is 3. The van der Waals surface area contributed by atoms with Crippen LogP contribution in [0.3, 0.4) is 0 Å². The predicted molar refractivity (Wildman–Crippen MR) is 251 cm³/mol. The molecule has 0 aliphatic rings. The molecule has 1 atom stereocenters. The van der Waals surface area contributed by atoms with Crippen molar-refractivity contribution in [2.45, 2.75) is 219 Å². The average molecular weight is 821 g/mol. The molecular weight excluding hydrogens is 733 g/mol. The van der Waals surface area contributed by atoms with Crippen molar-refractivity contribution in [3.8, 4) is 0 Å². The maximum atomic E-state index is 12.7. The maximum absolute atomic E-state index is 12.7. The van der Waals surface area contributed by atoms with Gasteiger partial charge in [0.1, 0.15) is 13.2 Å². The minimum Gasteiger partial charge on any atom is -0.462 e. The average Bonchev–Trinajstić information content (AvgIpc) is 3.23. The van der Waals surface area contributed by atoms with Crippen molar-refractivity contribution in [2.75, 3.05) is 13.2 Å². The lowest BCUT2D eigenvalue weighted by Gasteiger charge is -2.18. The molecule has 6 heteroatoms. The third-order valence-corrected chi connectivity index (χ3v) is 9.98. The third-order valence-electron chi connectivity index (χ3n) is 9.98. The Labute approximate surface area is 363 Å². The molecule has 0 N–H and O–H groups in total. The van der Waals surface area contributed by atoms with Gasteiger partial charge in [0.2, 0.25) is 0 Å². The first kappa shape index (κ1) is 55.6. The standard InChI is InChI=1S/C53H88O6/c1-4-7-10-13-16-19-22-25-26-29-31-34-37-40-43-46-52(55)58-49-50(59-53(56)47-44-41-38-35-32-28-24-21-18-15-12-9-6-3)48-57-51(54)45-42-39-36-33-30-27-23-20-17-14-11-8-5-2/h9,12,15,18-19,21-22,24,27-28,30,32,35,38,50H,4-8,10-11,13-14,16-17,20,23,25-26,29,31,33-34,36-37,39-49H2,1-3H3/b12-9+,18-15+,22-19+,24-21+,30-27+,32-28+,38-35+. The van der Waals surface area contributed by atoms with E-state index in [2.05, 4.69) is 51.2 Å². The fourth-order valence-electron chi connectivity index (χ4n) is 6.34. The monoisotopic (exact) mass is 821 g/mol. The van der Waals surface area contributed by atoms with Crippen LogP contribution >= 0.6 is 0 Å². The van der Waals surface area contributed by atoms with Gasteiger partial charge in [-0.2, -0.15) is 0 Å². The van der Waals surface area contributed by atoms with Crippen LogP contribution in [0.15, 0.2) is 85.1 Å². The molecular formula is C53H88O6. The van der Waals surface area contributed by atoms with Gasteiger partial charge < -0.3 is 14.2 Å². The van der Waals surface area contributed by atoms with E-state index in [1.807, 2.05) is 54.7 Å². The number of hydrogen-bond donors (Lipinski definition) is 0. The van der Waals surface area contributed by atoms with E-state index in [9.17, 15) is 14.4 Å². The zero-order valence-electron chi connectivity index (χ0n) is 38.2. The second-order valence-electron chi connectivity index (χ2n) is 15.8. The molecule has 0 saturated carbocycles. The topological polar surface area (TPSA) is 78.9 Å².